The average Bonchev–Trinajstić information content (AvgIpc) is 2.99. The van der Waals surface area contributed by atoms with E-state index in [0.717, 1.165) is 24.0 Å². The third-order valence-electron chi connectivity index (χ3n) is 8.95. The van der Waals surface area contributed by atoms with Gasteiger partial charge in [0.05, 0.1) is 6.04 Å². The normalized spacial score (nSPS) is 16.1. The number of amides is 1. The van der Waals surface area contributed by atoms with Crippen molar-refractivity contribution < 1.29 is 14.0 Å². The lowest BCUT2D eigenvalue weighted by molar-refractivity contribution is -0.141. The molecule has 3 rings (SSSR count). The lowest BCUT2D eigenvalue weighted by atomic mass is 10.0. The first-order chi connectivity index (χ1) is 19.6. The molecule has 0 aliphatic rings. The molecule has 0 heterocycles. The molecule has 3 aromatic carbocycles. The van der Waals surface area contributed by atoms with Gasteiger partial charge in [-0.25, -0.2) is 0 Å². The molecule has 0 bridgehead atoms. The van der Waals surface area contributed by atoms with Crippen LogP contribution in [0, 0.1) is 0 Å². The van der Waals surface area contributed by atoms with Crippen LogP contribution in [-0.2, 0) is 31.9 Å². The van der Waals surface area contributed by atoms with Crippen LogP contribution >= 0.6 is 0 Å². The zero-order valence-corrected chi connectivity index (χ0v) is 26.6. The Morgan fingerprint density at radius 2 is 1.22 bits per heavy atom. The quantitative estimate of drug-likeness (QED) is 0.206. The Labute approximate surface area is 248 Å². The highest BCUT2D eigenvalue weighted by Crippen LogP contribution is 2.50. The number of rotatable bonds is 14. The summed E-state index contributed by atoms with van der Waals surface area (Å²) in [7, 11) is -2.89. The smallest absolute Gasteiger partial charge is 0.315 e. The summed E-state index contributed by atoms with van der Waals surface area (Å²) in [5.74, 6) is -0.723. The fourth-order valence-electron chi connectivity index (χ4n) is 6.25. The van der Waals surface area contributed by atoms with Crippen molar-refractivity contribution in [2.75, 3.05) is 0 Å². The van der Waals surface area contributed by atoms with Gasteiger partial charge in [0.1, 0.15) is 6.04 Å². The van der Waals surface area contributed by atoms with Crippen LogP contribution in [0.2, 0.25) is 11.1 Å². The molecule has 4 atom stereocenters. The molecular formula is C35H48N2O3Si. The maximum Gasteiger partial charge on any atom is 0.315 e. The van der Waals surface area contributed by atoms with Crippen LogP contribution in [0.1, 0.15) is 71.1 Å². The van der Waals surface area contributed by atoms with Crippen LogP contribution in [0.5, 0.6) is 0 Å². The number of carbonyl (C=O) groups excluding carboxylic acids is 2. The minimum Gasteiger partial charge on any atom is -0.516 e. The predicted molar refractivity (Wildman–Crippen MR) is 171 cm³/mol. The van der Waals surface area contributed by atoms with Crippen molar-refractivity contribution in [2.24, 2.45) is 5.73 Å². The zero-order chi connectivity index (χ0) is 30.0. The molecule has 0 aromatic heterocycles. The largest absolute Gasteiger partial charge is 0.516 e. The van der Waals surface area contributed by atoms with Gasteiger partial charge in [-0.1, -0.05) is 145 Å². The number of nitrogens with two attached hydrogens (primary N) is 1. The maximum atomic E-state index is 14.4. The highest BCUT2D eigenvalue weighted by atomic mass is 28.4. The maximum absolute atomic E-state index is 14.4. The second-order valence-electron chi connectivity index (χ2n) is 11.9. The number of nitrogens with one attached hydrogen (secondary N) is 1. The van der Waals surface area contributed by atoms with Gasteiger partial charge in [0.25, 0.3) is 8.32 Å². The molecule has 3 N–H and O–H groups in total. The van der Waals surface area contributed by atoms with Crippen molar-refractivity contribution in [3.63, 3.8) is 0 Å². The van der Waals surface area contributed by atoms with E-state index in [0.29, 0.717) is 12.8 Å². The number of hydrogen-bond acceptors (Lipinski definition) is 4. The van der Waals surface area contributed by atoms with Gasteiger partial charge in [-0.15, -0.1) is 0 Å². The van der Waals surface area contributed by atoms with Gasteiger partial charge in [0, 0.05) is 11.5 Å². The van der Waals surface area contributed by atoms with Gasteiger partial charge in [-0.3, -0.25) is 9.59 Å². The van der Waals surface area contributed by atoms with Crippen molar-refractivity contribution in [3.8, 4) is 0 Å². The molecule has 0 fully saturated rings. The van der Waals surface area contributed by atoms with E-state index in [1.165, 1.54) is 5.56 Å². The Hall–Kier alpha value is -3.22. The molecular weight excluding hydrogens is 524 g/mol. The lowest BCUT2D eigenvalue weighted by Gasteiger charge is -2.51. The molecule has 41 heavy (non-hydrogen) atoms. The van der Waals surface area contributed by atoms with Crippen molar-refractivity contribution in [1.29, 1.82) is 0 Å². The van der Waals surface area contributed by atoms with Gasteiger partial charge in [-0.05, 0) is 34.2 Å². The molecule has 0 saturated heterocycles. The molecule has 0 radical (unpaired) electrons. The SMILES string of the molecule is CCC(C)[Si](OC(=O)[C@H](Cc1ccccc1)NC(=O)[C@@H](N)Cc1ccccc1)(C(C)CC)C(C)(C)c1ccccc1. The third-order valence-corrected chi connectivity index (χ3v) is 15.5. The van der Waals surface area contributed by atoms with Crippen LogP contribution < -0.4 is 11.1 Å². The fraction of sp³-hybridized carbons (Fsp3) is 0.429. The van der Waals surface area contributed by atoms with E-state index >= 15 is 0 Å². The first kappa shape index (κ1) is 32.3. The summed E-state index contributed by atoms with van der Waals surface area (Å²) in [5, 5.41) is 2.64. The summed E-state index contributed by atoms with van der Waals surface area (Å²) in [5.41, 5.74) is 9.85. The first-order valence-corrected chi connectivity index (χ1v) is 17.0. The molecule has 2 unspecified atom stereocenters. The first-order valence-electron chi connectivity index (χ1n) is 15.0. The summed E-state index contributed by atoms with van der Waals surface area (Å²) >= 11 is 0. The molecule has 0 aliphatic carbocycles. The molecule has 5 nitrogen and oxygen atoms in total. The summed E-state index contributed by atoms with van der Waals surface area (Å²) in [6, 6.07) is 28.2. The highest BCUT2D eigenvalue weighted by molar-refractivity contribution is 6.80. The van der Waals surface area contributed by atoms with Crippen molar-refractivity contribution in [2.45, 2.75) is 95.4 Å². The van der Waals surface area contributed by atoms with E-state index in [9.17, 15) is 9.59 Å². The van der Waals surface area contributed by atoms with Crippen LogP contribution in [0.25, 0.3) is 0 Å². The van der Waals surface area contributed by atoms with Gasteiger partial charge in [-0.2, -0.15) is 0 Å². The van der Waals surface area contributed by atoms with E-state index in [2.05, 4.69) is 71.1 Å². The Balaban J connectivity index is 1.99. The van der Waals surface area contributed by atoms with Gasteiger partial charge >= 0.3 is 5.97 Å². The Morgan fingerprint density at radius 3 is 1.68 bits per heavy atom. The third kappa shape index (κ3) is 7.55. The summed E-state index contributed by atoms with van der Waals surface area (Å²) in [4.78, 5) is 27.7. The second kappa shape index (κ2) is 14.6. The predicted octanol–water partition coefficient (Wildman–Crippen LogP) is 6.89. The van der Waals surface area contributed by atoms with E-state index < -0.39 is 20.4 Å². The van der Waals surface area contributed by atoms with Gasteiger partial charge in [0.15, 0.2) is 0 Å². The van der Waals surface area contributed by atoms with E-state index in [1.54, 1.807) is 0 Å². The van der Waals surface area contributed by atoms with Crippen LogP contribution in [0.3, 0.4) is 0 Å². The van der Waals surface area contributed by atoms with Crippen LogP contribution in [0.4, 0.5) is 0 Å². The molecule has 0 saturated carbocycles. The minimum atomic E-state index is -2.89. The van der Waals surface area contributed by atoms with Gasteiger partial charge < -0.3 is 15.5 Å². The summed E-state index contributed by atoms with van der Waals surface area (Å²) < 4.78 is 6.94. The molecule has 0 spiro atoms. The van der Waals surface area contributed by atoms with E-state index in [-0.39, 0.29) is 28.0 Å². The van der Waals surface area contributed by atoms with Crippen LogP contribution in [-0.4, -0.2) is 32.3 Å². The fourth-order valence-corrected chi connectivity index (χ4v) is 12.7. The Morgan fingerprint density at radius 1 is 0.780 bits per heavy atom. The van der Waals surface area contributed by atoms with E-state index in [1.807, 2.05) is 66.7 Å². The van der Waals surface area contributed by atoms with Crippen molar-refractivity contribution in [3.05, 3.63) is 108 Å². The highest BCUT2D eigenvalue weighted by Gasteiger charge is 2.59. The Kier molecular flexibility index (Phi) is 11.5. The lowest BCUT2D eigenvalue weighted by Crippen LogP contribution is -2.63. The molecule has 3 aromatic rings. The number of carbonyl (C=O) groups is 2. The molecule has 0 aliphatic heterocycles. The topological polar surface area (TPSA) is 81.4 Å². The molecule has 220 valence electrons. The molecule has 1 amide bonds. The van der Waals surface area contributed by atoms with Crippen molar-refractivity contribution >= 4 is 20.2 Å². The number of hydrogen-bond donors (Lipinski definition) is 2. The van der Waals surface area contributed by atoms with Crippen molar-refractivity contribution in [1.82, 2.24) is 5.32 Å². The summed E-state index contributed by atoms with van der Waals surface area (Å²) in [6.07, 6.45) is 2.52. The number of benzene rings is 3. The Bertz CT molecular complexity index is 1220. The monoisotopic (exact) mass is 572 g/mol. The summed E-state index contributed by atoms with van der Waals surface area (Å²) in [6.45, 7) is 13.3. The zero-order valence-electron chi connectivity index (χ0n) is 25.6. The second-order valence-corrected chi connectivity index (χ2v) is 16.9. The average molecular weight is 573 g/mol. The minimum absolute atomic E-state index is 0.199. The molecule has 6 heteroatoms. The van der Waals surface area contributed by atoms with E-state index in [4.69, 9.17) is 10.2 Å². The standard InChI is InChI=1S/C35H48N2O3Si/c1-7-26(3)41(27(4)8-2,35(5,6)30-22-16-11-17-23-30)40-34(39)32(25-29-20-14-10-15-21-29)37-33(38)31(36)24-28-18-12-9-13-19-28/h9-23,26-27,31-32H,7-8,24-25,36H2,1-6H3,(H,37,38)/t26?,27?,31-,32-,41?/m0/s1. The van der Waals surface area contributed by atoms with Crippen LogP contribution in [0.15, 0.2) is 91.0 Å². The van der Waals surface area contributed by atoms with Gasteiger partial charge in [0.2, 0.25) is 5.91 Å².